The second-order valence-electron chi connectivity index (χ2n) is 11.5. The summed E-state index contributed by atoms with van der Waals surface area (Å²) in [6.07, 6.45) is 4.76. The van der Waals surface area contributed by atoms with Gasteiger partial charge in [-0.1, -0.05) is 43.7 Å². The maximum atomic E-state index is 13.3. The number of amides is 2. The molecule has 4 aromatic rings. The van der Waals surface area contributed by atoms with Gasteiger partial charge in [0.15, 0.2) is 0 Å². The molecule has 8 heteroatoms. The Balaban J connectivity index is 1.36. The number of anilines is 3. The van der Waals surface area contributed by atoms with Crippen LogP contribution in [0.4, 0.5) is 17.1 Å². The first-order valence-corrected chi connectivity index (χ1v) is 15.3. The standard InChI is InChI=1S/C36H41N5O3/c1-5-6-10-26-11-7-8-12-31(26)34(42)38-32-14-9-13-30(25(32)2)28-23-33(36(44)40(4)24-28)37-29-17-15-27(16-18-29)35(43)41-21-19-39(3)20-22-41/h7-9,11-18,23-24,37H,5-6,10,19-22H2,1-4H3,(H,38,42). The van der Waals surface area contributed by atoms with Crippen LogP contribution in [0.3, 0.4) is 0 Å². The van der Waals surface area contributed by atoms with Crippen LogP contribution >= 0.6 is 0 Å². The zero-order valence-corrected chi connectivity index (χ0v) is 26.0. The van der Waals surface area contributed by atoms with Crippen LogP contribution in [-0.4, -0.2) is 59.4 Å². The van der Waals surface area contributed by atoms with Crippen LogP contribution < -0.4 is 16.2 Å². The van der Waals surface area contributed by atoms with Gasteiger partial charge in [0.1, 0.15) is 5.69 Å². The number of hydrogen-bond acceptors (Lipinski definition) is 5. The van der Waals surface area contributed by atoms with Crippen molar-refractivity contribution in [1.29, 1.82) is 0 Å². The Morgan fingerprint density at radius 3 is 2.32 bits per heavy atom. The van der Waals surface area contributed by atoms with Crippen molar-refractivity contribution in [3.05, 3.63) is 112 Å². The van der Waals surface area contributed by atoms with Gasteiger partial charge in [0.2, 0.25) is 0 Å². The van der Waals surface area contributed by atoms with E-state index in [2.05, 4.69) is 29.5 Å². The zero-order chi connectivity index (χ0) is 31.2. The Hall–Kier alpha value is -4.69. The van der Waals surface area contributed by atoms with E-state index in [4.69, 9.17) is 0 Å². The van der Waals surface area contributed by atoms with Crippen molar-refractivity contribution in [2.24, 2.45) is 7.05 Å². The van der Waals surface area contributed by atoms with Crippen LogP contribution in [0.25, 0.3) is 11.1 Å². The zero-order valence-electron chi connectivity index (χ0n) is 26.0. The number of benzene rings is 3. The Kier molecular flexibility index (Phi) is 9.60. The molecule has 5 rings (SSSR count). The molecule has 44 heavy (non-hydrogen) atoms. The number of rotatable bonds is 9. The Morgan fingerprint density at radius 1 is 0.864 bits per heavy atom. The molecule has 0 saturated carbocycles. The molecule has 0 spiro atoms. The average molecular weight is 592 g/mol. The molecule has 3 aromatic carbocycles. The van der Waals surface area contributed by atoms with Crippen molar-refractivity contribution in [2.45, 2.75) is 33.1 Å². The number of nitrogens with zero attached hydrogens (tertiary/aromatic N) is 3. The molecule has 0 bridgehead atoms. The minimum atomic E-state index is -0.169. The van der Waals surface area contributed by atoms with Gasteiger partial charge in [-0.05, 0) is 86.0 Å². The van der Waals surface area contributed by atoms with Gasteiger partial charge in [-0.15, -0.1) is 0 Å². The number of carbonyl (C=O) groups is 2. The Labute approximate surface area is 259 Å². The van der Waals surface area contributed by atoms with Crippen molar-refractivity contribution >= 4 is 28.9 Å². The average Bonchev–Trinajstić information content (AvgIpc) is 3.03. The van der Waals surface area contributed by atoms with Gasteiger partial charge in [-0.2, -0.15) is 0 Å². The molecule has 0 radical (unpaired) electrons. The van der Waals surface area contributed by atoms with Gasteiger partial charge >= 0.3 is 0 Å². The van der Waals surface area contributed by atoms with E-state index >= 15 is 0 Å². The van der Waals surface area contributed by atoms with Gasteiger partial charge in [-0.3, -0.25) is 14.4 Å². The third-order valence-electron chi connectivity index (χ3n) is 8.34. The molecule has 0 atom stereocenters. The Bertz CT molecular complexity index is 1700. The fourth-order valence-electron chi connectivity index (χ4n) is 5.59. The monoisotopic (exact) mass is 591 g/mol. The molecule has 2 N–H and O–H groups in total. The van der Waals surface area contributed by atoms with Gasteiger partial charge < -0.3 is 25.0 Å². The normalized spacial score (nSPS) is 13.5. The molecular weight excluding hydrogens is 550 g/mol. The van der Waals surface area contributed by atoms with Crippen molar-refractivity contribution in [2.75, 3.05) is 43.9 Å². The molecule has 1 saturated heterocycles. The number of carbonyl (C=O) groups excluding carboxylic acids is 2. The summed E-state index contributed by atoms with van der Waals surface area (Å²) in [5.74, 6) is -0.108. The van der Waals surface area contributed by atoms with E-state index in [1.807, 2.05) is 72.5 Å². The highest BCUT2D eigenvalue weighted by atomic mass is 16.2. The first-order chi connectivity index (χ1) is 21.2. The predicted molar refractivity (Wildman–Crippen MR) is 178 cm³/mol. The molecule has 8 nitrogen and oxygen atoms in total. The second-order valence-corrected chi connectivity index (χ2v) is 11.5. The lowest BCUT2D eigenvalue weighted by molar-refractivity contribution is 0.0664. The predicted octanol–water partition coefficient (Wildman–Crippen LogP) is 6.09. The smallest absolute Gasteiger partial charge is 0.274 e. The second kappa shape index (κ2) is 13.7. The lowest BCUT2D eigenvalue weighted by atomic mass is 9.99. The lowest BCUT2D eigenvalue weighted by Gasteiger charge is -2.32. The van der Waals surface area contributed by atoms with Gasteiger partial charge in [0.05, 0.1) is 0 Å². The topological polar surface area (TPSA) is 86.7 Å². The number of piperazine rings is 1. The highest BCUT2D eigenvalue weighted by Crippen LogP contribution is 2.30. The lowest BCUT2D eigenvalue weighted by Crippen LogP contribution is -2.47. The maximum Gasteiger partial charge on any atom is 0.274 e. The van der Waals surface area contributed by atoms with E-state index in [1.165, 1.54) is 0 Å². The first-order valence-electron chi connectivity index (χ1n) is 15.3. The number of hydrogen-bond donors (Lipinski definition) is 2. The fraction of sp³-hybridized carbons (Fsp3) is 0.306. The quantitative estimate of drug-likeness (QED) is 0.246. The maximum absolute atomic E-state index is 13.3. The van der Waals surface area contributed by atoms with Gasteiger partial charge in [0, 0.05) is 67.5 Å². The number of pyridine rings is 1. The minimum absolute atomic E-state index is 0.0226. The van der Waals surface area contributed by atoms with E-state index < -0.39 is 0 Å². The molecule has 1 aromatic heterocycles. The van der Waals surface area contributed by atoms with Gasteiger partial charge in [0.25, 0.3) is 17.4 Å². The fourth-order valence-corrected chi connectivity index (χ4v) is 5.59. The third kappa shape index (κ3) is 6.92. The van der Waals surface area contributed by atoms with Crippen LogP contribution in [0.2, 0.25) is 0 Å². The molecule has 0 unspecified atom stereocenters. The molecule has 1 aliphatic heterocycles. The summed E-state index contributed by atoms with van der Waals surface area (Å²) in [6.45, 7) is 7.29. The number of aromatic nitrogens is 1. The van der Waals surface area contributed by atoms with Crippen molar-refractivity contribution < 1.29 is 9.59 Å². The summed E-state index contributed by atoms with van der Waals surface area (Å²) in [5.41, 5.74) is 6.71. The number of nitrogens with one attached hydrogen (secondary N) is 2. The largest absolute Gasteiger partial charge is 0.351 e. The Morgan fingerprint density at radius 2 is 1.59 bits per heavy atom. The molecule has 1 aliphatic rings. The molecule has 0 aliphatic carbocycles. The summed E-state index contributed by atoms with van der Waals surface area (Å²) in [5, 5.41) is 6.37. The third-order valence-corrected chi connectivity index (χ3v) is 8.34. The summed E-state index contributed by atoms with van der Waals surface area (Å²) in [6, 6.07) is 22.7. The highest BCUT2D eigenvalue weighted by Gasteiger charge is 2.20. The molecule has 1 fully saturated rings. The van der Waals surface area contributed by atoms with E-state index in [0.717, 1.165) is 60.3 Å². The van der Waals surface area contributed by atoms with Crippen LogP contribution in [-0.2, 0) is 13.5 Å². The molecular formula is C36H41N5O3. The van der Waals surface area contributed by atoms with Crippen molar-refractivity contribution in [3.8, 4) is 11.1 Å². The van der Waals surface area contributed by atoms with E-state index in [-0.39, 0.29) is 17.4 Å². The summed E-state index contributed by atoms with van der Waals surface area (Å²) in [7, 11) is 3.79. The number of unbranched alkanes of at least 4 members (excludes halogenated alkanes) is 1. The number of aryl methyl sites for hydroxylation is 2. The minimum Gasteiger partial charge on any atom is -0.351 e. The molecule has 2 heterocycles. The van der Waals surface area contributed by atoms with Crippen LogP contribution in [0.15, 0.2) is 83.8 Å². The molecule has 228 valence electrons. The molecule has 2 amide bonds. The summed E-state index contributed by atoms with van der Waals surface area (Å²) < 4.78 is 1.55. The first kappa shape index (κ1) is 30.8. The SMILES string of the molecule is CCCCc1ccccc1C(=O)Nc1cccc(-c2cc(Nc3ccc(C(=O)N4CCN(C)CC4)cc3)c(=O)n(C)c2)c1C. The van der Waals surface area contributed by atoms with Crippen LogP contribution in [0, 0.1) is 6.92 Å². The van der Waals surface area contributed by atoms with Crippen molar-refractivity contribution in [3.63, 3.8) is 0 Å². The number of likely N-dealkylation sites (N-methyl/N-ethyl adjacent to an activating group) is 1. The van der Waals surface area contributed by atoms with Crippen LogP contribution in [0.1, 0.15) is 51.6 Å². The van der Waals surface area contributed by atoms with E-state index in [1.54, 1.807) is 29.9 Å². The van der Waals surface area contributed by atoms with Crippen LogP contribution in [0.5, 0.6) is 0 Å². The van der Waals surface area contributed by atoms with Crippen molar-refractivity contribution in [1.82, 2.24) is 14.4 Å². The summed E-state index contributed by atoms with van der Waals surface area (Å²) in [4.78, 5) is 43.5. The summed E-state index contributed by atoms with van der Waals surface area (Å²) >= 11 is 0. The highest BCUT2D eigenvalue weighted by molar-refractivity contribution is 6.06. The van der Waals surface area contributed by atoms with Gasteiger partial charge in [-0.25, -0.2) is 0 Å². The van der Waals surface area contributed by atoms with E-state index in [9.17, 15) is 14.4 Å². The van der Waals surface area contributed by atoms with E-state index in [0.29, 0.717) is 35.6 Å².